The third kappa shape index (κ3) is 4.81. The summed E-state index contributed by atoms with van der Waals surface area (Å²) < 4.78 is 10.6. The summed E-state index contributed by atoms with van der Waals surface area (Å²) in [5.74, 6) is 1.14. The number of rotatable bonds is 7. The molecule has 0 fully saturated rings. The van der Waals surface area contributed by atoms with Gasteiger partial charge in [0.15, 0.2) is 11.5 Å². The lowest BCUT2D eigenvalue weighted by molar-refractivity contribution is -0.115. The number of carbonyl (C=O) groups is 1. The fourth-order valence-electron chi connectivity index (χ4n) is 2.92. The van der Waals surface area contributed by atoms with Crippen molar-refractivity contribution in [3.8, 4) is 22.1 Å². The highest BCUT2D eigenvalue weighted by Gasteiger charge is 2.15. The minimum absolute atomic E-state index is 0.153. The molecule has 0 aliphatic heterocycles. The molecule has 0 spiro atoms. The summed E-state index contributed by atoms with van der Waals surface area (Å²) in [6.45, 7) is 0. The first kappa shape index (κ1) is 21.0. The van der Waals surface area contributed by atoms with Crippen LogP contribution in [0.15, 0.2) is 41.8 Å². The van der Waals surface area contributed by atoms with Gasteiger partial charge in [0.25, 0.3) is 0 Å². The molecule has 0 aliphatic carbocycles. The molecule has 6 nitrogen and oxygen atoms in total. The Hall–Kier alpha value is -2.77. The fourth-order valence-corrected chi connectivity index (χ4v) is 4.08. The van der Waals surface area contributed by atoms with Gasteiger partial charge in [0, 0.05) is 25.0 Å². The van der Waals surface area contributed by atoms with E-state index in [1.54, 1.807) is 20.3 Å². The summed E-state index contributed by atoms with van der Waals surface area (Å²) in [5, 5.41) is 6.20. The second-order valence-electron chi connectivity index (χ2n) is 6.47. The van der Waals surface area contributed by atoms with Crippen LogP contribution in [0, 0.1) is 0 Å². The van der Waals surface area contributed by atoms with Crippen LogP contribution in [0.2, 0.25) is 5.02 Å². The monoisotopic (exact) mass is 431 g/mol. The third-order valence-corrected chi connectivity index (χ3v) is 5.48. The van der Waals surface area contributed by atoms with Crippen molar-refractivity contribution < 1.29 is 14.3 Å². The van der Waals surface area contributed by atoms with Crippen molar-refractivity contribution in [1.29, 1.82) is 0 Å². The van der Waals surface area contributed by atoms with Crippen LogP contribution < -0.4 is 19.7 Å². The fraction of sp³-hybridized carbons (Fsp3) is 0.238. The number of nitrogens with one attached hydrogen (secondary N) is 1. The Labute approximate surface area is 179 Å². The van der Waals surface area contributed by atoms with E-state index in [4.69, 9.17) is 21.1 Å². The van der Waals surface area contributed by atoms with Gasteiger partial charge in [0.05, 0.1) is 42.7 Å². The van der Waals surface area contributed by atoms with Crippen molar-refractivity contribution in [3.63, 3.8) is 0 Å². The number of benzene rings is 2. The van der Waals surface area contributed by atoms with Crippen molar-refractivity contribution in [3.05, 3.63) is 52.5 Å². The Balaban J connectivity index is 1.74. The number of nitrogens with zero attached hydrogens (tertiary/aromatic N) is 2. The van der Waals surface area contributed by atoms with Gasteiger partial charge >= 0.3 is 0 Å². The van der Waals surface area contributed by atoms with Crippen LogP contribution in [0.3, 0.4) is 0 Å². The standard InChI is InChI=1S/C21H22ClN3O3S/c1-25(2)20-15(22)6-5-7-16(20)24-19(26)11-14-12-29-21(23-14)13-8-9-17(27-3)18(10-13)28-4/h5-10,12H,11H2,1-4H3,(H,24,26). The minimum atomic E-state index is -0.153. The average Bonchev–Trinajstić information content (AvgIpc) is 3.15. The molecule has 1 N–H and O–H groups in total. The topological polar surface area (TPSA) is 63.7 Å². The highest BCUT2D eigenvalue weighted by molar-refractivity contribution is 7.13. The van der Waals surface area contributed by atoms with E-state index in [-0.39, 0.29) is 12.3 Å². The summed E-state index contributed by atoms with van der Waals surface area (Å²) in [5.41, 5.74) is 3.05. The Morgan fingerprint density at radius 2 is 1.93 bits per heavy atom. The molecule has 3 aromatic rings. The maximum Gasteiger partial charge on any atom is 0.230 e. The number of hydrogen-bond donors (Lipinski definition) is 1. The van der Waals surface area contributed by atoms with Gasteiger partial charge in [-0.1, -0.05) is 17.7 Å². The number of amides is 1. The van der Waals surface area contributed by atoms with Crippen molar-refractivity contribution >= 4 is 40.2 Å². The van der Waals surface area contributed by atoms with Crippen molar-refractivity contribution in [1.82, 2.24) is 4.98 Å². The number of hydrogen-bond acceptors (Lipinski definition) is 6. The van der Waals surface area contributed by atoms with Gasteiger partial charge in [0.2, 0.25) is 5.91 Å². The first-order chi connectivity index (χ1) is 13.9. The molecule has 0 unspecified atom stereocenters. The molecular formula is C21H22ClN3O3S. The normalized spacial score (nSPS) is 10.5. The molecule has 0 bridgehead atoms. The maximum absolute atomic E-state index is 12.6. The molecule has 0 atom stereocenters. The summed E-state index contributed by atoms with van der Waals surface area (Å²) >= 11 is 7.74. The zero-order valence-corrected chi connectivity index (χ0v) is 18.2. The number of methoxy groups -OCH3 is 2. The molecule has 2 aromatic carbocycles. The second kappa shape index (κ2) is 9.15. The van der Waals surface area contributed by atoms with Crippen molar-refractivity contribution in [2.45, 2.75) is 6.42 Å². The van der Waals surface area contributed by atoms with E-state index in [1.807, 2.05) is 54.7 Å². The van der Waals surface area contributed by atoms with E-state index in [2.05, 4.69) is 10.3 Å². The van der Waals surface area contributed by atoms with Crippen LogP contribution in [0.5, 0.6) is 11.5 Å². The molecule has 1 amide bonds. The largest absolute Gasteiger partial charge is 0.493 e. The second-order valence-corrected chi connectivity index (χ2v) is 7.73. The molecule has 1 heterocycles. The molecule has 152 valence electrons. The molecule has 0 radical (unpaired) electrons. The average molecular weight is 432 g/mol. The number of aromatic nitrogens is 1. The quantitative estimate of drug-likeness (QED) is 0.586. The third-order valence-electron chi connectivity index (χ3n) is 4.23. The van der Waals surface area contributed by atoms with E-state index < -0.39 is 0 Å². The summed E-state index contributed by atoms with van der Waals surface area (Å²) in [4.78, 5) is 19.0. The molecule has 0 aliphatic rings. The van der Waals surface area contributed by atoms with Gasteiger partial charge in [-0.15, -0.1) is 11.3 Å². The Morgan fingerprint density at radius 3 is 2.62 bits per heavy atom. The molecule has 0 saturated heterocycles. The SMILES string of the molecule is COc1ccc(-c2nc(CC(=O)Nc3cccc(Cl)c3N(C)C)cs2)cc1OC. The lowest BCUT2D eigenvalue weighted by Crippen LogP contribution is -2.18. The van der Waals surface area contributed by atoms with Crippen LogP contribution in [-0.4, -0.2) is 39.2 Å². The maximum atomic E-state index is 12.6. The van der Waals surface area contributed by atoms with E-state index in [1.165, 1.54) is 11.3 Å². The molecule has 8 heteroatoms. The lowest BCUT2D eigenvalue weighted by atomic mass is 10.2. The van der Waals surface area contributed by atoms with E-state index in [0.29, 0.717) is 27.9 Å². The van der Waals surface area contributed by atoms with Crippen molar-refractivity contribution in [2.24, 2.45) is 0 Å². The van der Waals surface area contributed by atoms with Crippen LogP contribution in [-0.2, 0) is 11.2 Å². The Morgan fingerprint density at radius 1 is 1.17 bits per heavy atom. The number of thiazole rings is 1. The number of carbonyl (C=O) groups excluding carboxylic acids is 1. The van der Waals surface area contributed by atoms with Gasteiger partial charge in [-0.05, 0) is 30.3 Å². The molecule has 3 rings (SSSR count). The number of anilines is 2. The van der Waals surface area contributed by atoms with Crippen LogP contribution >= 0.6 is 22.9 Å². The Kier molecular flexibility index (Phi) is 6.61. The predicted molar refractivity (Wildman–Crippen MR) is 119 cm³/mol. The van der Waals surface area contributed by atoms with E-state index in [0.717, 1.165) is 16.3 Å². The molecule has 0 saturated carbocycles. The summed E-state index contributed by atoms with van der Waals surface area (Å²) in [6, 6.07) is 11.1. The van der Waals surface area contributed by atoms with Crippen LogP contribution in [0.1, 0.15) is 5.69 Å². The predicted octanol–water partition coefficient (Wildman–Crippen LogP) is 4.73. The molecular weight excluding hydrogens is 410 g/mol. The number of ether oxygens (including phenoxy) is 2. The van der Waals surface area contributed by atoms with Crippen LogP contribution in [0.25, 0.3) is 10.6 Å². The van der Waals surface area contributed by atoms with Gasteiger partial charge < -0.3 is 19.7 Å². The van der Waals surface area contributed by atoms with E-state index in [9.17, 15) is 4.79 Å². The highest BCUT2D eigenvalue weighted by Crippen LogP contribution is 2.34. The lowest BCUT2D eigenvalue weighted by Gasteiger charge is -2.19. The molecule has 1 aromatic heterocycles. The van der Waals surface area contributed by atoms with Gasteiger partial charge in [0.1, 0.15) is 5.01 Å². The zero-order valence-electron chi connectivity index (χ0n) is 16.7. The first-order valence-corrected chi connectivity index (χ1v) is 10.1. The van der Waals surface area contributed by atoms with E-state index >= 15 is 0 Å². The number of halogens is 1. The summed E-state index contributed by atoms with van der Waals surface area (Å²) in [7, 11) is 6.95. The van der Waals surface area contributed by atoms with Crippen LogP contribution in [0.4, 0.5) is 11.4 Å². The number of para-hydroxylation sites is 1. The first-order valence-electron chi connectivity index (χ1n) is 8.85. The van der Waals surface area contributed by atoms with Gasteiger partial charge in [-0.25, -0.2) is 4.98 Å². The zero-order chi connectivity index (χ0) is 21.0. The Bertz CT molecular complexity index is 1020. The smallest absolute Gasteiger partial charge is 0.230 e. The highest BCUT2D eigenvalue weighted by atomic mass is 35.5. The summed E-state index contributed by atoms with van der Waals surface area (Å²) in [6.07, 6.45) is 0.170. The molecule has 29 heavy (non-hydrogen) atoms. The van der Waals surface area contributed by atoms with Gasteiger partial charge in [-0.2, -0.15) is 0 Å². The van der Waals surface area contributed by atoms with Gasteiger partial charge in [-0.3, -0.25) is 4.79 Å². The van der Waals surface area contributed by atoms with Crippen molar-refractivity contribution in [2.75, 3.05) is 38.5 Å². The minimum Gasteiger partial charge on any atom is -0.493 e.